The maximum absolute atomic E-state index is 12.5. The molecule has 0 spiro atoms. The third kappa shape index (κ3) is 3.37. The Hall–Kier alpha value is -3.17. The summed E-state index contributed by atoms with van der Waals surface area (Å²) in [5.41, 5.74) is 0.841. The standard InChI is InChI=1S/C16H13N3O5S/c17-25(23,24)13-7-3-11(4-8-13)19-16(22)14(15(21)18-19)9-10-1-5-12(20)6-2-10/h1-9,20H,(H,18,21)(H2,17,23,24)/b14-9+. The highest BCUT2D eigenvalue weighted by Crippen LogP contribution is 2.25. The Kier molecular flexibility index (Phi) is 4.03. The second kappa shape index (κ2) is 6.04. The molecule has 0 aliphatic carbocycles. The minimum Gasteiger partial charge on any atom is -0.508 e. The third-order valence-electron chi connectivity index (χ3n) is 3.47. The largest absolute Gasteiger partial charge is 0.508 e. The van der Waals surface area contributed by atoms with Crippen LogP contribution in [0.5, 0.6) is 5.75 Å². The predicted molar refractivity (Wildman–Crippen MR) is 91.4 cm³/mol. The van der Waals surface area contributed by atoms with Crippen LogP contribution in [0.25, 0.3) is 6.08 Å². The summed E-state index contributed by atoms with van der Waals surface area (Å²) in [4.78, 5) is 12.4. The Labute approximate surface area is 143 Å². The van der Waals surface area contributed by atoms with Crippen LogP contribution < -0.4 is 10.1 Å². The van der Waals surface area contributed by atoms with E-state index in [1.807, 2.05) is 0 Å². The van der Waals surface area contributed by atoms with Gasteiger partial charge in [-0.05, 0) is 48.0 Å². The van der Waals surface area contributed by atoms with Crippen LogP contribution in [0.3, 0.4) is 0 Å². The van der Waals surface area contributed by atoms with Gasteiger partial charge in [0.1, 0.15) is 11.3 Å². The maximum Gasteiger partial charge on any atom is 0.284 e. The van der Waals surface area contributed by atoms with Crippen LogP contribution in [0.2, 0.25) is 0 Å². The number of benzene rings is 2. The van der Waals surface area contributed by atoms with Crippen molar-refractivity contribution in [3.05, 3.63) is 59.7 Å². The van der Waals surface area contributed by atoms with E-state index >= 15 is 0 Å². The van der Waals surface area contributed by atoms with E-state index in [2.05, 4.69) is 5.10 Å². The molecule has 1 aliphatic heterocycles. The van der Waals surface area contributed by atoms with Gasteiger partial charge in [0.2, 0.25) is 15.9 Å². The lowest BCUT2D eigenvalue weighted by Gasteiger charge is -2.11. The molecule has 3 rings (SSSR count). The molecule has 1 aliphatic rings. The summed E-state index contributed by atoms with van der Waals surface area (Å²) in [6, 6.07) is 11.3. The molecule has 0 aromatic heterocycles. The molecule has 25 heavy (non-hydrogen) atoms. The zero-order valence-corrected chi connectivity index (χ0v) is 13.5. The molecule has 0 saturated carbocycles. The number of hydrogen-bond acceptors (Lipinski definition) is 5. The van der Waals surface area contributed by atoms with Crippen LogP contribution in [-0.2, 0) is 14.8 Å². The van der Waals surface area contributed by atoms with Crippen LogP contribution in [0.1, 0.15) is 5.56 Å². The van der Waals surface area contributed by atoms with Gasteiger partial charge in [-0.1, -0.05) is 12.1 Å². The molecule has 2 aromatic rings. The van der Waals surface area contributed by atoms with Crippen molar-refractivity contribution in [1.29, 1.82) is 0 Å². The number of rotatable bonds is 3. The Morgan fingerprint density at radius 2 is 1.60 bits per heavy atom. The van der Waals surface area contributed by atoms with E-state index < -0.39 is 21.8 Å². The molecule has 1 heterocycles. The summed E-state index contributed by atoms with van der Waals surface area (Å²) >= 11 is 0. The molecule has 0 saturated heterocycles. The smallest absolute Gasteiger partial charge is 0.284 e. The van der Waals surface area contributed by atoms with Gasteiger partial charge in [-0.2, -0.15) is 5.01 Å². The van der Waals surface area contributed by atoms with E-state index in [4.69, 9.17) is 5.14 Å². The fraction of sp³-hybridized carbons (Fsp3) is 0. The number of phenolic OH excluding ortho intramolecular Hbond substituents is 1. The van der Waals surface area contributed by atoms with Crippen LogP contribution in [-0.4, -0.2) is 30.4 Å². The van der Waals surface area contributed by atoms with E-state index in [9.17, 15) is 23.4 Å². The van der Waals surface area contributed by atoms with Gasteiger partial charge in [0.15, 0.2) is 0 Å². The molecule has 0 unspecified atom stereocenters. The van der Waals surface area contributed by atoms with Crippen molar-refractivity contribution in [3.8, 4) is 5.75 Å². The zero-order chi connectivity index (χ0) is 18.2. The number of anilines is 1. The molecule has 8 nitrogen and oxygen atoms in total. The van der Waals surface area contributed by atoms with E-state index in [1.165, 1.54) is 42.5 Å². The number of amides is 1. The molecule has 0 atom stereocenters. The van der Waals surface area contributed by atoms with Crippen LogP contribution in [0, 0.1) is 0 Å². The molecular weight excluding hydrogens is 346 g/mol. The molecule has 4 N–H and O–H groups in total. The average molecular weight is 359 g/mol. The number of carbonyl (C=O) groups excluding carboxylic acids is 1. The summed E-state index contributed by atoms with van der Waals surface area (Å²) in [5, 5.41) is 29.0. The fourth-order valence-corrected chi connectivity index (χ4v) is 2.73. The molecular formula is C16H13N3O5S. The normalized spacial score (nSPS) is 16.4. The minimum absolute atomic E-state index is 0.0267. The minimum atomic E-state index is -3.84. The monoisotopic (exact) mass is 359 g/mol. The van der Waals surface area contributed by atoms with Gasteiger partial charge in [-0.15, -0.1) is 5.10 Å². The Bertz CT molecular complexity index is 993. The Morgan fingerprint density at radius 3 is 2.16 bits per heavy atom. The summed E-state index contributed by atoms with van der Waals surface area (Å²) in [7, 11) is -3.84. The molecule has 2 aromatic carbocycles. The van der Waals surface area contributed by atoms with Crippen LogP contribution >= 0.6 is 0 Å². The van der Waals surface area contributed by atoms with Crippen molar-refractivity contribution >= 4 is 33.6 Å². The van der Waals surface area contributed by atoms with Crippen molar-refractivity contribution in [1.82, 2.24) is 0 Å². The first kappa shape index (κ1) is 16.7. The van der Waals surface area contributed by atoms with Crippen molar-refractivity contribution in [2.45, 2.75) is 4.90 Å². The quantitative estimate of drug-likeness (QED) is 0.711. The highest BCUT2D eigenvalue weighted by molar-refractivity contribution is 7.89. The van der Waals surface area contributed by atoms with Gasteiger partial charge >= 0.3 is 0 Å². The molecule has 0 radical (unpaired) electrons. The first-order chi connectivity index (χ1) is 11.8. The average Bonchev–Trinajstić information content (AvgIpc) is 2.84. The van der Waals surface area contributed by atoms with Gasteiger partial charge < -0.3 is 10.2 Å². The number of hydrazone groups is 1. The van der Waals surface area contributed by atoms with E-state index in [0.717, 1.165) is 5.01 Å². The lowest BCUT2D eigenvalue weighted by Crippen LogP contribution is -2.21. The lowest BCUT2D eigenvalue weighted by atomic mass is 10.1. The fourth-order valence-electron chi connectivity index (χ4n) is 2.22. The number of carbonyl (C=O) groups is 1. The summed E-state index contributed by atoms with van der Waals surface area (Å²) in [6.07, 6.45) is 1.43. The van der Waals surface area contributed by atoms with E-state index in [-0.39, 0.29) is 21.9 Å². The number of hydrogen-bond donors (Lipinski definition) is 3. The SMILES string of the molecule is NS(=O)(=O)c1ccc(N2N=C(O)/C(=C\c3ccc(O)cc3)C2=O)cc1. The number of sulfonamides is 1. The molecule has 0 fully saturated rings. The van der Waals surface area contributed by atoms with Gasteiger partial charge in [-0.25, -0.2) is 13.6 Å². The Balaban J connectivity index is 1.91. The van der Waals surface area contributed by atoms with Crippen molar-refractivity contribution in [2.75, 3.05) is 5.01 Å². The third-order valence-corrected chi connectivity index (χ3v) is 4.40. The summed E-state index contributed by atoms with van der Waals surface area (Å²) < 4.78 is 22.5. The van der Waals surface area contributed by atoms with Crippen LogP contribution in [0.4, 0.5) is 5.69 Å². The van der Waals surface area contributed by atoms with E-state index in [0.29, 0.717) is 5.56 Å². The number of aliphatic hydroxyl groups excluding tert-OH is 1. The van der Waals surface area contributed by atoms with E-state index in [1.54, 1.807) is 12.1 Å². The summed E-state index contributed by atoms with van der Waals surface area (Å²) in [5.74, 6) is -0.961. The van der Waals surface area contributed by atoms with Gasteiger partial charge in [0.25, 0.3) is 5.91 Å². The van der Waals surface area contributed by atoms with Gasteiger partial charge in [0, 0.05) is 0 Å². The second-order valence-electron chi connectivity index (χ2n) is 5.23. The highest BCUT2D eigenvalue weighted by atomic mass is 32.2. The first-order valence-corrected chi connectivity index (χ1v) is 8.56. The topological polar surface area (TPSA) is 133 Å². The summed E-state index contributed by atoms with van der Waals surface area (Å²) in [6.45, 7) is 0. The number of primary sulfonamides is 1. The zero-order valence-electron chi connectivity index (χ0n) is 12.7. The van der Waals surface area contributed by atoms with Crippen molar-refractivity contribution in [2.24, 2.45) is 10.2 Å². The van der Waals surface area contributed by atoms with Gasteiger partial charge in [-0.3, -0.25) is 4.79 Å². The van der Waals surface area contributed by atoms with Crippen molar-refractivity contribution < 1.29 is 23.4 Å². The van der Waals surface area contributed by atoms with Crippen molar-refractivity contribution in [3.63, 3.8) is 0 Å². The molecule has 0 bridgehead atoms. The van der Waals surface area contributed by atoms with Gasteiger partial charge in [0.05, 0.1) is 10.6 Å². The molecule has 128 valence electrons. The highest BCUT2D eigenvalue weighted by Gasteiger charge is 2.31. The number of nitrogens with two attached hydrogens (primary N) is 1. The molecule has 1 amide bonds. The molecule has 9 heteroatoms. The Morgan fingerprint density at radius 1 is 1.00 bits per heavy atom. The lowest BCUT2D eigenvalue weighted by molar-refractivity contribution is -0.114. The number of phenols is 1. The predicted octanol–water partition coefficient (Wildman–Crippen LogP) is 1.34. The number of aliphatic hydroxyl groups is 1. The number of aromatic hydroxyl groups is 1. The maximum atomic E-state index is 12.5. The first-order valence-electron chi connectivity index (χ1n) is 7.02. The van der Waals surface area contributed by atoms with Crippen LogP contribution in [0.15, 0.2) is 64.1 Å². The second-order valence-corrected chi connectivity index (χ2v) is 6.79. The number of nitrogens with zero attached hydrogens (tertiary/aromatic N) is 2.